The number of likely N-dealkylation sites (tertiary alicyclic amines) is 1. The minimum atomic E-state index is 0.470. The smallest absolute Gasteiger partial charge is 0.0599 e. The van der Waals surface area contributed by atoms with Gasteiger partial charge in [-0.15, -0.1) is 0 Å². The van der Waals surface area contributed by atoms with Gasteiger partial charge in [-0.1, -0.05) is 0 Å². The molecule has 3 heteroatoms. The number of nitrogens with two attached hydrogens (primary N) is 1. The largest absolute Gasteiger partial charge is 0.378 e. The van der Waals surface area contributed by atoms with Gasteiger partial charge in [-0.05, 0) is 45.4 Å². The summed E-state index contributed by atoms with van der Waals surface area (Å²) in [5.41, 5.74) is 5.95. The van der Waals surface area contributed by atoms with Crippen molar-refractivity contribution in [2.45, 2.75) is 63.6 Å². The summed E-state index contributed by atoms with van der Waals surface area (Å²) in [5.74, 6) is 0. The maximum Gasteiger partial charge on any atom is 0.0599 e. The molecule has 0 atom stereocenters. The third-order valence-corrected chi connectivity index (χ3v) is 4.14. The molecule has 1 saturated carbocycles. The molecule has 3 nitrogen and oxygen atoms in total. The third kappa shape index (κ3) is 3.19. The monoisotopic (exact) mass is 226 g/mol. The highest BCUT2D eigenvalue weighted by molar-refractivity contribution is 4.84. The summed E-state index contributed by atoms with van der Waals surface area (Å²) in [6, 6.07) is 1.28. The van der Waals surface area contributed by atoms with Crippen LogP contribution in [0.15, 0.2) is 0 Å². The molecule has 0 amide bonds. The molecule has 1 heterocycles. The van der Waals surface area contributed by atoms with E-state index >= 15 is 0 Å². The van der Waals surface area contributed by atoms with Crippen molar-refractivity contribution in [2.75, 3.05) is 19.7 Å². The standard InChI is InChI=1S/C13H26N2O/c1-2-16-13-7-9-15(10-8-13)12-5-3-11(14)4-6-12/h11-13H,2-10,14H2,1H3. The first-order valence-electron chi connectivity index (χ1n) is 6.90. The summed E-state index contributed by atoms with van der Waals surface area (Å²) >= 11 is 0. The molecule has 0 unspecified atom stereocenters. The maximum atomic E-state index is 5.95. The average molecular weight is 226 g/mol. The molecule has 2 fully saturated rings. The van der Waals surface area contributed by atoms with Crippen molar-refractivity contribution < 1.29 is 4.74 Å². The lowest BCUT2D eigenvalue weighted by Crippen LogP contribution is -2.46. The van der Waals surface area contributed by atoms with Crippen LogP contribution in [0.2, 0.25) is 0 Å². The molecule has 2 N–H and O–H groups in total. The number of rotatable bonds is 3. The molecule has 1 aliphatic heterocycles. The van der Waals surface area contributed by atoms with Crippen LogP contribution in [0.4, 0.5) is 0 Å². The zero-order chi connectivity index (χ0) is 11.4. The molecule has 94 valence electrons. The van der Waals surface area contributed by atoms with E-state index in [4.69, 9.17) is 10.5 Å². The van der Waals surface area contributed by atoms with Crippen molar-refractivity contribution in [2.24, 2.45) is 5.73 Å². The van der Waals surface area contributed by atoms with Gasteiger partial charge in [0.1, 0.15) is 0 Å². The highest BCUT2D eigenvalue weighted by atomic mass is 16.5. The zero-order valence-corrected chi connectivity index (χ0v) is 10.5. The Hall–Kier alpha value is -0.120. The van der Waals surface area contributed by atoms with Gasteiger partial charge in [0, 0.05) is 31.8 Å². The molecule has 0 aromatic carbocycles. The first kappa shape index (κ1) is 12.3. The molecular formula is C13H26N2O. The Labute approximate surface area is 99.3 Å². The molecule has 0 aromatic heterocycles. The van der Waals surface area contributed by atoms with Crippen molar-refractivity contribution in [3.05, 3.63) is 0 Å². The fourth-order valence-electron chi connectivity index (χ4n) is 3.11. The van der Waals surface area contributed by atoms with E-state index in [0.29, 0.717) is 12.1 Å². The fraction of sp³-hybridized carbons (Fsp3) is 1.00. The van der Waals surface area contributed by atoms with Gasteiger partial charge in [0.25, 0.3) is 0 Å². The van der Waals surface area contributed by atoms with E-state index in [-0.39, 0.29) is 0 Å². The number of ether oxygens (including phenoxy) is 1. The van der Waals surface area contributed by atoms with Crippen LogP contribution < -0.4 is 5.73 Å². The summed E-state index contributed by atoms with van der Waals surface area (Å²) in [4.78, 5) is 2.67. The minimum Gasteiger partial charge on any atom is -0.378 e. The molecule has 16 heavy (non-hydrogen) atoms. The summed E-state index contributed by atoms with van der Waals surface area (Å²) in [6.07, 6.45) is 8.01. The predicted molar refractivity (Wildman–Crippen MR) is 66.5 cm³/mol. The van der Waals surface area contributed by atoms with Gasteiger partial charge >= 0.3 is 0 Å². The maximum absolute atomic E-state index is 5.95. The second kappa shape index (κ2) is 5.99. The van der Waals surface area contributed by atoms with Crippen molar-refractivity contribution >= 4 is 0 Å². The lowest BCUT2D eigenvalue weighted by molar-refractivity contribution is -0.000960. The van der Waals surface area contributed by atoms with Crippen molar-refractivity contribution in [1.82, 2.24) is 4.90 Å². The second-order valence-corrected chi connectivity index (χ2v) is 5.26. The molecule has 0 radical (unpaired) electrons. The van der Waals surface area contributed by atoms with E-state index in [1.807, 2.05) is 0 Å². The van der Waals surface area contributed by atoms with Gasteiger partial charge in [0.15, 0.2) is 0 Å². The van der Waals surface area contributed by atoms with Gasteiger partial charge in [-0.2, -0.15) is 0 Å². The quantitative estimate of drug-likeness (QED) is 0.797. The first-order valence-corrected chi connectivity index (χ1v) is 6.90. The van der Waals surface area contributed by atoms with Gasteiger partial charge < -0.3 is 15.4 Å². The van der Waals surface area contributed by atoms with Crippen LogP contribution >= 0.6 is 0 Å². The van der Waals surface area contributed by atoms with E-state index < -0.39 is 0 Å². The van der Waals surface area contributed by atoms with Crippen LogP contribution in [0.25, 0.3) is 0 Å². The Morgan fingerprint density at radius 1 is 1.06 bits per heavy atom. The van der Waals surface area contributed by atoms with Gasteiger partial charge in [0.05, 0.1) is 6.10 Å². The number of hydrogen-bond donors (Lipinski definition) is 1. The Balaban J connectivity index is 1.72. The lowest BCUT2D eigenvalue weighted by Gasteiger charge is -2.40. The SMILES string of the molecule is CCOC1CCN(C2CCC(N)CC2)CC1. The summed E-state index contributed by atoms with van der Waals surface area (Å²) in [5, 5.41) is 0. The summed E-state index contributed by atoms with van der Waals surface area (Å²) < 4.78 is 5.69. The minimum absolute atomic E-state index is 0.470. The van der Waals surface area contributed by atoms with E-state index in [9.17, 15) is 0 Å². The van der Waals surface area contributed by atoms with Crippen LogP contribution in [0.1, 0.15) is 45.4 Å². The molecule has 0 spiro atoms. The molecule has 1 aliphatic carbocycles. The van der Waals surface area contributed by atoms with Crippen LogP contribution in [-0.2, 0) is 4.74 Å². The van der Waals surface area contributed by atoms with E-state index in [2.05, 4.69) is 11.8 Å². The molecule has 2 rings (SSSR count). The molecular weight excluding hydrogens is 200 g/mol. The van der Waals surface area contributed by atoms with Crippen LogP contribution in [0.3, 0.4) is 0 Å². The highest BCUT2D eigenvalue weighted by Crippen LogP contribution is 2.25. The van der Waals surface area contributed by atoms with E-state index in [0.717, 1.165) is 12.6 Å². The Morgan fingerprint density at radius 3 is 2.25 bits per heavy atom. The van der Waals surface area contributed by atoms with Gasteiger partial charge in [-0.3, -0.25) is 0 Å². The fourth-order valence-corrected chi connectivity index (χ4v) is 3.11. The third-order valence-electron chi connectivity index (χ3n) is 4.14. The summed E-state index contributed by atoms with van der Waals surface area (Å²) in [7, 11) is 0. The van der Waals surface area contributed by atoms with Crippen molar-refractivity contribution in [1.29, 1.82) is 0 Å². The second-order valence-electron chi connectivity index (χ2n) is 5.26. The Bertz CT molecular complexity index is 194. The Kier molecular flexibility index (Phi) is 4.62. The van der Waals surface area contributed by atoms with Crippen LogP contribution in [-0.4, -0.2) is 42.8 Å². The van der Waals surface area contributed by atoms with E-state index in [1.165, 1.54) is 51.6 Å². The number of piperidine rings is 1. The Morgan fingerprint density at radius 2 is 1.69 bits per heavy atom. The number of hydrogen-bond acceptors (Lipinski definition) is 3. The molecule has 0 bridgehead atoms. The van der Waals surface area contributed by atoms with E-state index in [1.54, 1.807) is 0 Å². The molecule has 2 aliphatic rings. The molecule has 1 saturated heterocycles. The van der Waals surface area contributed by atoms with Crippen LogP contribution in [0.5, 0.6) is 0 Å². The van der Waals surface area contributed by atoms with Crippen LogP contribution in [0, 0.1) is 0 Å². The highest BCUT2D eigenvalue weighted by Gasteiger charge is 2.27. The molecule has 0 aromatic rings. The predicted octanol–water partition coefficient (Wildman–Crippen LogP) is 1.76. The average Bonchev–Trinajstić information content (AvgIpc) is 2.32. The topological polar surface area (TPSA) is 38.5 Å². The first-order chi connectivity index (χ1) is 7.79. The van der Waals surface area contributed by atoms with Gasteiger partial charge in [0.2, 0.25) is 0 Å². The lowest BCUT2D eigenvalue weighted by atomic mass is 9.89. The summed E-state index contributed by atoms with van der Waals surface area (Å²) in [6.45, 7) is 5.41. The van der Waals surface area contributed by atoms with Gasteiger partial charge in [-0.25, -0.2) is 0 Å². The van der Waals surface area contributed by atoms with Crippen molar-refractivity contribution in [3.8, 4) is 0 Å². The zero-order valence-electron chi connectivity index (χ0n) is 10.5. The van der Waals surface area contributed by atoms with Crippen molar-refractivity contribution in [3.63, 3.8) is 0 Å². The normalized spacial score (nSPS) is 34.1. The number of nitrogens with zero attached hydrogens (tertiary/aromatic N) is 1.